The summed E-state index contributed by atoms with van der Waals surface area (Å²) in [6.07, 6.45) is 0. The van der Waals surface area contributed by atoms with E-state index in [4.69, 9.17) is 0 Å². The zero-order valence-corrected chi connectivity index (χ0v) is 11.7. The number of para-hydroxylation sites is 1. The van der Waals surface area contributed by atoms with Gasteiger partial charge in [-0.1, -0.05) is 49.0 Å². The first-order chi connectivity index (χ1) is 9.31. The molecule has 0 atom stereocenters. The van der Waals surface area contributed by atoms with E-state index in [1.165, 1.54) is 0 Å². The lowest BCUT2D eigenvalue weighted by molar-refractivity contribution is 0.755. The van der Waals surface area contributed by atoms with Crippen LogP contribution in [0.2, 0.25) is 0 Å². The smallest absolute Gasteiger partial charge is 0.214 e. The van der Waals surface area contributed by atoms with Crippen LogP contribution in [0.25, 0.3) is 5.69 Å². The van der Waals surface area contributed by atoms with Crippen molar-refractivity contribution in [3.8, 4) is 5.69 Å². The van der Waals surface area contributed by atoms with Gasteiger partial charge >= 0.3 is 0 Å². The van der Waals surface area contributed by atoms with Gasteiger partial charge in [-0.3, -0.25) is 0 Å². The Morgan fingerprint density at radius 2 is 2.16 bits per heavy atom. The van der Waals surface area contributed by atoms with E-state index in [2.05, 4.69) is 34.3 Å². The molecule has 0 amide bonds. The molecule has 0 saturated carbocycles. The molecule has 0 radical (unpaired) electrons. The Hall–Kier alpha value is -1.66. The fourth-order valence-electron chi connectivity index (χ4n) is 1.52. The number of hydrogen-bond acceptors (Lipinski definition) is 5. The van der Waals surface area contributed by atoms with Crippen molar-refractivity contribution in [2.45, 2.75) is 12.1 Å². The average molecular weight is 275 g/mol. The largest absolute Gasteiger partial charge is 0.313 e. The molecule has 0 unspecified atom stereocenters. The first kappa shape index (κ1) is 13.8. The number of rotatable bonds is 7. The SMILES string of the molecule is C=C(CNCC)CSc1nnnn1-c1ccccc1. The lowest BCUT2D eigenvalue weighted by Crippen LogP contribution is -2.16. The lowest BCUT2D eigenvalue weighted by Gasteiger charge is -2.06. The minimum Gasteiger partial charge on any atom is -0.313 e. The van der Waals surface area contributed by atoms with Crippen LogP contribution in [0.4, 0.5) is 0 Å². The molecule has 100 valence electrons. The summed E-state index contributed by atoms with van der Waals surface area (Å²) in [5.74, 6) is 0.806. The highest BCUT2D eigenvalue weighted by Crippen LogP contribution is 2.19. The molecule has 0 aliphatic carbocycles. The van der Waals surface area contributed by atoms with Crippen LogP contribution in [0.15, 0.2) is 47.6 Å². The van der Waals surface area contributed by atoms with Gasteiger partial charge in [-0.2, -0.15) is 4.68 Å². The van der Waals surface area contributed by atoms with Crippen LogP contribution in [0.3, 0.4) is 0 Å². The van der Waals surface area contributed by atoms with Gasteiger partial charge in [0.1, 0.15) is 0 Å². The van der Waals surface area contributed by atoms with E-state index in [0.717, 1.165) is 35.3 Å². The third-order valence-corrected chi connectivity index (χ3v) is 3.54. The number of tetrazole rings is 1. The van der Waals surface area contributed by atoms with Crippen LogP contribution in [0.5, 0.6) is 0 Å². The molecule has 0 aliphatic heterocycles. The van der Waals surface area contributed by atoms with Gasteiger partial charge in [-0.25, -0.2) is 0 Å². The second kappa shape index (κ2) is 7.06. The molecular weight excluding hydrogens is 258 g/mol. The van der Waals surface area contributed by atoms with Gasteiger partial charge in [-0.15, -0.1) is 5.10 Å². The zero-order valence-electron chi connectivity index (χ0n) is 10.9. The summed E-state index contributed by atoms with van der Waals surface area (Å²) < 4.78 is 1.74. The van der Waals surface area contributed by atoms with Crippen LogP contribution in [-0.4, -0.2) is 39.0 Å². The Balaban J connectivity index is 1.99. The van der Waals surface area contributed by atoms with Crippen molar-refractivity contribution in [3.05, 3.63) is 42.5 Å². The predicted octanol–water partition coefficient (Wildman–Crippen LogP) is 1.92. The normalized spacial score (nSPS) is 10.6. The van der Waals surface area contributed by atoms with Crippen molar-refractivity contribution in [1.82, 2.24) is 25.5 Å². The topological polar surface area (TPSA) is 55.6 Å². The minimum absolute atomic E-state index is 0.781. The van der Waals surface area contributed by atoms with E-state index in [0.29, 0.717) is 0 Å². The lowest BCUT2D eigenvalue weighted by atomic mass is 10.3. The van der Waals surface area contributed by atoms with Crippen molar-refractivity contribution in [3.63, 3.8) is 0 Å². The molecule has 0 spiro atoms. The van der Waals surface area contributed by atoms with E-state index < -0.39 is 0 Å². The van der Waals surface area contributed by atoms with E-state index >= 15 is 0 Å². The van der Waals surface area contributed by atoms with Crippen LogP contribution in [-0.2, 0) is 0 Å². The van der Waals surface area contributed by atoms with E-state index in [-0.39, 0.29) is 0 Å². The summed E-state index contributed by atoms with van der Waals surface area (Å²) in [7, 11) is 0. The molecule has 6 heteroatoms. The number of aromatic nitrogens is 4. The number of likely N-dealkylation sites (N-methyl/N-ethyl adjacent to an activating group) is 1. The first-order valence-electron chi connectivity index (χ1n) is 6.15. The summed E-state index contributed by atoms with van der Waals surface area (Å²) in [5, 5.41) is 15.8. The summed E-state index contributed by atoms with van der Waals surface area (Å²) in [6.45, 7) is 7.89. The number of nitrogens with one attached hydrogen (secondary N) is 1. The Morgan fingerprint density at radius 3 is 2.89 bits per heavy atom. The maximum Gasteiger partial charge on any atom is 0.214 e. The second-order valence-electron chi connectivity index (χ2n) is 4.03. The van der Waals surface area contributed by atoms with Crippen LogP contribution >= 0.6 is 11.8 Å². The maximum absolute atomic E-state index is 4.05. The van der Waals surface area contributed by atoms with E-state index in [9.17, 15) is 0 Å². The van der Waals surface area contributed by atoms with Crippen molar-refractivity contribution < 1.29 is 0 Å². The highest BCUT2D eigenvalue weighted by molar-refractivity contribution is 7.99. The Kier molecular flexibility index (Phi) is 5.11. The monoisotopic (exact) mass is 275 g/mol. The van der Waals surface area contributed by atoms with Crippen LogP contribution in [0, 0.1) is 0 Å². The molecular formula is C13H17N5S. The fraction of sp³-hybridized carbons (Fsp3) is 0.308. The molecule has 2 rings (SSSR count). The molecule has 0 bridgehead atoms. The predicted molar refractivity (Wildman–Crippen MR) is 77.6 cm³/mol. The van der Waals surface area contributed by atoms with Gasteiger partial charge in [0.05, 0.1) is 5.69 Å². The van der Waals surface area contributed by atoms with Crippen LogP contribution < -0.4 is 5.32 Å². The summed E-state index contributed by atoms with van der Waals surface area (Å²) in [5.41, 5.74) is 2.10. The van der Waals surface area contributed by atoms with Crippen molar-refractivity contribution in [1.29, 1.82) is 0 Å². The number of nitrogens with zero attached hydrogens (tertiary/aromatic N) is 4. The number of thioether (sulfide) groups is 1. The van der Waals surface area contributed by atoms with Gasteiger partial charge < -0.3 is 5.32 Å². The third kappa shape index (κ3) is 3.90. The average Bonchev–Trinajstić information content (AvgIpc) is 2.92. The first-order valence-corrected chi connectivity index (χ1v) is 7.13. The Bertz CT molecular complexity index is 523. The van der Waals surface area contributed by atoms with Gasteiger partial charge in [-0.05, 0) is 29.1 Å². The summed E-state index contributed by atoms with van der Waals surface area (Å²) in [6, 6.07) is 9.87. The van der Waals surface area contributed by atoms with Gasteiger partial charge in [0, 0.05) is 12.3 Å². The molecule has 19 heavy (non-hydrogen) atoms. The van der Waals surface area contributed by atoms with Crippen LogP contribution in [0.1, 0.15) is 6.92 Å². The number of benzene rings is 1. The van der Waals surface area contributed by atoms with E-state index in [1.807, 2.05) is 30.3 Å². The molecule has 1 aromatic carbocycles. The minimum atomic E-state index is 0.781. The molecule has 1 N–H and O–H groups in total. The van der Waals surface area contributed by atoms with Crippen molar-refractivity contribution >= 4 is 11.8 Å². The molecule has 5 nitrogen and oxygen atoms in total. The van der Waals surface area contributed by atoms with Crippen molar-refractivity contribution in [2.75, 3.05) is 18.8 Å². The van der Waals surface area contributed by atoms with Crippen molar-refractivity contribution in [2.24, 2.45) is 0 Å². The molecule has 1 heterocycles. The standard InChI is InChI=1S/C13H17N5S/c1-3-14-9-11(2)10-19-13-15-16-17-18(13)12-7-5-4-6-8-12/h4-8,14H,2-3,9-10H2,1H3. The molecule has 1 aromatic heterocycles. The third-order valence-electron chi connectivity index (χ3n) is 2.47. The molecule has 0 fully saturated rings. The maximum atomic E-state index is 4.05. The van der Waals surface area contributed by atoms with E-state index in [1.54, 1.807) is 16.4 Å². The summed E-state index contributed by atoms with van der Waals surface area (Å²) >= 11 is 1.59. The molecule has 0 aliphatic rings. The number of hydrogen-bond donors (Lipinski definition) is 1. The zero-order chi connectivity index (χ0) is 13.5. The van der Waals surface area contributed by atoms with Gasteiger partial charge in [0.15, 0.2) is 0 Å². The quantitative estimate of drug-likeness (QED) is 0.618. The highest BCUT2D eigenvalue weighted by Gasteiger charge is 2.08. The molecule has 0 saturated heterocycles. The second-order valence-corrected chi connectivity index (χ2v) is 4.97. The summed E-state index contributed by atoms with van der Waals surface area (Å²) in [4.78, 5) is 0. The van der Waals surface area contributed by atoms with Gasteiger partial charge in [0.2, 0.25) is 5.16 Å². The highest BCUT2D eigenvalue weighted by atomic mass is 32.2. The fourth-order valence-corrected chi connectivity index (χ4v) is 2.31. The Labute approximate surface area is 117 Å². The van der Waals surface area contributed by atoms with Gasteiger partial charge in [0.25, 0.3) is 0 Å². The molecule has 2 aromatic rings. The Morgan fingerprint density at radius 1 is 1.37 bits per heavy atom.